The van der Waals surface area contributed by atoms with Gasteiger partial charge in [0.25, 0.3) is 0 Å². The monoisotopic (exact) mass is 468 g/mol. The van der Waals surface area contributed by atoms with Crippen molar-refractivity contribution in [3.63, 3.8) is 0 Å². The van der Waals surface area contributed by atoms with Gasteiger partial charge in [-0.2, -0.15) is 0 Å². The predicted molar refractivity (Wildman–Crippen MR) is 132 cm³/mol. The Morgan fingerprint density at radius 2 is 2.09 bits per heavy atom. The number of nitrogens with one attached hydrogen (secondary N) is 1. The van der Waals surface area contributed by atoms with E-state index < -0.39 is 0 Å². The van der Waals surface area contributed by atoms with Gasteiger partial charge in [-0.15, -0.1) is 11.3 Å². The maximum atomic E-state index is 12.8. The minimum atomic E-state index is -0.343. The third kappa shape index (κ3) is 4.69. The number of ether oxygens (including phenoxy) is 1. The van der Waals surface area contributed by atoms with E-state index in [9.17, 15) is 9.59 Å². The lowest BCUT2D eigenvalue weighted by Gasteiger charge is -2.18. The molecule has 1 aliphatic carbocycles. The van der Waals surface area contributed by atoms with Crippen LogP contribution in [0.2, 0.25) is 0 Å². The summed E-state index contributed by atoms with van der Waals surface area (Å²) in [5.74, 6) is 0.327. The molecule has 1 amide bonds. The molecule has 1 aliphatic rings. The number of hydrogen-bond donors (Lipinski definition) is 1. The number of amides is 1. The number of para-hydroxylation sites is 1. The number of aromatic nitrogens is 1. The van der Waals surface area contributed by atoms with Crippen molar-refractivity contribution in [1.29, 1.82) is 0 Å². The molecular weight excluding hydrogens is 440 g/mol. The molecule has 2 heterocycles. The van der Waals surface area contributed by atoms with Gasteiger partial charge < -0.3 is 10.1 Å². The lowest BCUT2D eigenvalue weighted by molar-refractivity contribution is -0.113. The van der Waals surface area contributed by atoms with Crippen molar-refractivity contribution in [2.24, 2.45) is 5.92 Å². The normalized spacial score (nSPS) is 15.4. The van der Waals surface area contributed by atoms with E-state index in [-0.39, 0.29) is 17.6 Å². The Labute approximate surface area is 197 Å². The zero-order valence-corrected chi connectivity index (χ0v) is 20.5. The van der Waals surface area contributed by atoms with Gasteiger partial charge >= 0.3 is 5.97 Å². The average molecular weight is 469 g/mol. The van der Waals surface area contributed by atoms with Gasteiger partial charge in [-0.25, -0.2) is 9.78 Å². The number of anilines is 1. The van der Waals surface area contributed by atoms with Gasteiger partial charge in [0.05, 0.1) is 28.5 Å². The number of fused-ring (bicyclic) bond motifs is 2. The number of carbonyl (C=O) groups excluding carboxylic acids is 2. The Balaban J connectivity index is 1.52. The standard InChI is InChI=1S/C25H28N2O3S2/c1-5-30-25(29)22-18-10-9-14(2)11-19(18)32-24(22)26-20(28)13-31-21-12-16(4)17-8-6-7-15(3)23(17)27-21/h6-8,12,14H,5,9-11,13H2,1-4H3,(H,26,28). The van der Waals surface area contributed by atoms with Gasteiger partial charge in [-0.1, -0.05) is 36.9 Å². The summed E-state index contributed by atoms with van der Waals surface area (Å²) >= 11 is 2.93. The third-order valence-electron chi connectivity index (χ3n) is 5.82. The van der Waals surface area contributed by atoms with Crippen LogP contribution in [0.15, 0.2) is 29.3 Å². The molecule has 0 radical (unpaired) electrons. The molecule has 0 spiro atoms. The summed E-state index contributed by atoms with van der Waals surface area (Å²) in [6.07, 6.45) is 2.84. The molecule has 1 N–H and O–H groups in total. The summed E-state index contributed by atoms with van der Waals surface area (Å²) in [5.41, 5.74) is 4.84. The zero-order chi connectivity index (χ0) is 22.8. The van der Waals surface area contributed by atoms with E-state index in [1.54, 1.807) is 6.92 Å². The third-order valence-corrected chi connectivity index (χ3v) is 7.90. The van der Waals surface area contributed by atoms with Crippen LogP contribution in [0.1, 0.15) is 52.2 Å². The largest absolute Gasteiger partial charge is 0.462 e. The number of rotatable bonds is 6. The maximum Gasteiger partial charge on any atom is 0.341 e. The first kappa shape index (κ1) is 22.8. The highest BCUT2D eigenvalue weighted by Crippen LogP contribution is 2.40. The smallest absolute Gasteiger partial charge is 0.341 e. The van der Waals surface area contributed by atoms with E-state index in [1.807, 2.05) is 25.1 Å². The molecule has 0 bridgehead atoms. The number of carbonyl (C=O) groups is 2. The molecule has 4 rings (SSSR count). The number of nitrogens with zero attached hydrogens (tertiary/aromatic N) is 1. The quantitative estimate of drug-likeness (QED) is 0.358. The summed E-state index contributed by atoms with van der Waals surface area (Å²) in [6, 6.07) is 8.18. The van der Waals surface area contributed by atoms with Gasteiger partial charge in [-0.05, 0) is 68.7 Å². The fourth-order valence-corrected chi connectivity index (χ4v) is 6.35. The number of esters is 1. The zero-order valence-electron chi connectivity index (χ0n) is 18.9. The molecule has 32 heavy (non-hydrogen) atoms. The van der Waals surface area contributed by atoms with Crippen LogP contribution in [0.4, 0.5) is 5.00 Å². The molecule has 0 fully saturated rings. The first-order valence-electron chi connectivity index (χ1n) is 11.0. The van der Waals surface area contributed by atoms with Gasteiger partial charge in [-0.3, -0.25) is 4.79 Å². The number of aryl methyl sites for hydroxylation is 2. The van der Waals surface area contributed by atoms with Crippen molar-refractivity contribution >= 4 is 50.9 Å². The van der Waals surface area contributed by atoms with Crippen LogP contribution in [0, 0.1) is 19.8 Å². The number of thiophene rings is 1. The second-order valence-corrected chi connectivity index (χ2v) is 10.5. The predicted octanol–water partition coefficient (Wildman–Crippen LogP) is 5.95. The molecule has 7 heteroatoms. The second-order valence-electron chi connectivity index (χ2n) is 8.36. The van der Waals surface area contributed by atoms with Crippen molar-refractivity contribution in [2.75, 3.05) is 17.7 Å². The molecule has 1 atom stereocenters. The Bertz CT molecular complexity index is 1190. The summed E-state index contributed by atoms with van der Waals surface area (Å²) < 4.78 is 5.30. The summed E-state index contributed by atoms with van der Waals surface area (Å²) in [6.45, 7) is 8.45. The maximum absolute atomic E-state index is 12.8. The minimum Gasteiger partial charge on any atom is -0.462 e. The van der Waals surface area contributed by atoms with E-state index in [0.717, 1.165) is 51.9 Å². The molecule has 3 aromatic rings. The van der Waals surface area contributed by atoms with Gasteiger partial charge in [0, 0.05) is 10.3 Å². The van der Waals surface area contributed by atoms with Crippen LogP contribution in [-0.2, 0) is 22.4 Å². The topological polar surface area (TPSA) is 68.3 Å². The molecule has 1 unspecified atom stereocenters. The molecule has 2 aromatic heterocycles. The van der Waals surface area contributed by atoms with E-state index >= 15 is 0 Å². The average Bonchev–Trinajstić information content (AvgIpc) is 3.10. The van der Waals surface area contributed by atoms with Crippen LogP contribution >= 0.6 is 23.1 Å². The molecule has 0 saturated heterocycles. The van der Waals surface area contributed by atoms with Crippen molar-refractivity contribution in [1.82, 2.24) is 4.98 Å². The van der Waals surface area contributed by atoms with Crippen LogP contribution in [0.3, 0.4) is 0 Å². The highest BCUT2D eigenvalue weighted by atomic mass is 32.2. The van der Waals surface area contributed by atoms with E-state index in [0.29, 0.717) is 23.1 Å². The Morgan fingerprint density at radius 1 is 1.28 bits per heavy atom. The molecule has 1 aromatic carbocycles. The molecule has 168 valence electrons. The second kappa shape index (κ2) is 9.63. The van der Waals surface area contributed by atoms with E-state index in [2.05, 4.69) is 25.2 Å². The number of pyridine rings is 1. The summed E-state index contributed by atoms with van der Waals surface area (Å²) in [4.78, 5) is 31.4. The SMILES string of the molecule is CCOC(=O)c1c(NC(=O)CSc2cc(C)c3cccc(C)c3n2)sc2c1CCC(C)C2. The number of thioether (sulfide) groups is 1. The summed E-state index contributed by atoms with van der Waals surface area (Å²) in [7, 11) is 0. The Kier molecular flexibility index (Phi) is 6.86. The highest BCUT2D eigenvalue weighted by Gasteiger charge is 2.29. The fourth-order valence-electron chi connectivity index (χ4n) is 4.17. The lowest BCUT2D eigenvalue weighted by atomic mass is 9.88. The molecule has 5 nitrogen and oxygen atoms in total. The molecular formula is C25H28N2O3S2. The van der Waals surface area contributed by atoms with Crippen LogP contribution < -0.4 is 5.32 Å². The van der Waals surface area contributed by atoms with Crippen molar-refractivity contribution < 1.29 is 14.3 Å². The van der Waals surface area contributed by atoms with Crippen LogP contribution in [0.5, 0.6) is 0 Å². The van der Waals surface area contributed by atoms with Crippen LogP contribution in [0.25, 0.3) is 10.9 Å². The van der Waals surface area contributed by atoms with Crippen molar-refractivity contribution in [3.8, 4) is 0 Å². The fraction of sp³-hybridized carbons (Fsp3) is 0.400. The Hall–Kier alpha value is -2.38. The molecule has 0 saturated carbocycles. The molecule has 0 aliphatic heterocycles. The van der Waals surface area contributed by atoms with Gasteiger partial charge in [0.15, 0.2) is 0 Å². The van der Waals surface area contributed by atoms with Gasteiger partial charge in [0.1, 0.15) is 5.00 Å². The van der Waals surface area contributed by atoms with Crippen molar-refractivity contribution in [3.05, 3.63) is 51.4 Å². The van der Waals surface area contributed by atoms with Crippen LogP contribution in [-0.4, -0.2) is 29.2 Å². The first-order valence-corrected chi connectivity index (χ1v) is 12.8. The van der Waals surface area contributed by atoms with E-state index in [4.69, 9.17) is 9.72 Å². The summed E-state index contributed by atoms with van der Waals surface area (Å²) in [5, 5.41) is 5.56. The number of hydrogen-bond acceptors (Lipinski definition) is 6. The minimum absolute atomic E-state index is 0.142. The van der Waals surface area contributed by atoms with Crippen molar-refractivity contribution in [2.45, 2.75) is 52.0 Å². The van der Waals surface area contributed by atoms with Gasteiger partial charge in [0.2, 0.25) is 5.91 Å². The number of benzene rings is 1. The Morgan fingerprint density at radius 3 is 2.88 bits per heavy atom. The first-order chi connectivity index (χ1) is 15.4. The van der Waals surface area contributed by atoms with E-state index in [1.165, 1.54) is 28.0 Å². The highest BCUT2D eigenvalue weighted by molar-refractivity contribution is 7.99. The lowest BCUT2D eigenvalue weighted by Crippen LogP contribution is -2.17.